The number of carbonyl (C=O) groups is 1. The highest BCUT2D eigenvalue weighted by Crippen LogP contribution is 2.30. The second kappa shape index (κ2) is 9.93. The van der Waals surface area contributed by atoms with Crippen LogP contribution in [0.15, 0.2) is 42.5 Å². The summed E-state index contributed by atoms with van der Waals surface area (Å²) in [4.78, 5) is 26.9. The van der Waals surface area contributed by atoms with E-state index < -0.39 is 4.92 Å². The SMILES string of the molecule is CC(C)Oc1ccc(C(=O)NC(=S)N2CCN(c3ccc([N+](=O)[O-])cc3Cl)CC2)cc1. The highest BCUT2D eigenvalue weighted by molar-refractivity contribution is 7.80. The van der Waals surface area contributed by atoms with Crippen LogP contribution in [-0.2, 0) is 0 Å². The summed E-state index contributed by atoms with van der Waals surface area (Å²) in [5.74, 6) is 0.428. The predicted octanol–water partition coefficient (Wildman–Crippen LogP) is 3.87. The molecule has 1 aliphatic heterocycles. The van der Waals surface area contributed by atoms with Crippen molar-refractivity contribution in [3.63, 3.8) is 0 Å². The van der Waals surface area contributed by atoms with Crippen molar-refractivity contribution in [3.8, 4) is 5.75 Å². The van der Waals surface area contributed by atoms with Crippen LogP contribution in [0.1, 0.15) is 24.2 Å². The van der Waals surface area contributed by atoms with Crippen molar-refractivity contribution in [3.05, 3.63) is 63.2 Å². The number of hydrogen-bond acceptors (Lipinski definition) is 6. The summed E-state index contributed by atoms with van der Waals surface area (Å²) in [6.07, 6.45) is 0.0619. The molecule has 1 N–H and O–H groups in total. The van der Waals surface area contributed by atoms with Gasteiger partial charge in [-0.15, -0.1) is 0 Å². The minimum Gasteiger partial charge on any atom is -0.491 e. The Morgan fingerprint density at radius 2 is 1.81 bits per heavy atom. The molecule has 31 heavy (non-hydrogen) atoms. The zero-order chi connectivity index (χ0) is 22.5. The van der Waals surface area contributed by atoms with Crippen molar-refractivity contribution < 1.29 is 14.5 Å². The maximum atomic E-state index is 12.5. The van der Waals surface area contributed by atoms with Crippen LogP contribution in [0.25, 0.3) is 0 Å². The van der Waals surface area contributed by atoms with Gasteiger partial charge in [-0.05, 0) is 56.4 Å². The summed E-state index contributed by atoms with van der Waals surface area (Å²) in [5, 5.41) is 14.3. The molecule has 1 saturated heterocycles. The Morgan fingerprint density at radius 1 is 1.16 bits per heavy atom. The standard InChI is InChI=1S/C21H23ClN4O4S/c1-14(2)30-17-6-3-15(4-7-17)20(27)23-21(31)25-11-9-24(10-12-25)19-8-5-16(26(28)29)13-18(19)22/h3-8,13-14H,9-12H2,1-2H3,(H,23,27,31). The van der Waals surface area contributed by atoms with Gasteiger partial charge in [0.05, 0.1) is 21.7 Å². The molecule has 3 rings (SSSR count). The van der Waals surface area contributed by atoms with Crippen LogP contribution in [0.5, 0.6) is 5.75 Å². The molecule has 0 unspecified atom stereocenters. The number of halogens is 1. The molecule has 0 spiro atoms. The lowest BCUT2D eigenvalue weighted by molar-refractivity contribution is -0.384. The van der Waals surface area contributed by atoms with E-state index in [1.165, 1.54) is 12.1 Å². The third-order valence-corrected chi connectivity index (χ3v) is 5.42. The summed E-state index contributed by atoms with van der Waals surface area (Å²) in [7, 11) is 0. The largest absolute Gasteiger partial charge is 0.491 e. The van der Waals surface area contributed by atoms with E-state index in [1.807, 2.05) is 23.6 Å². The van der Waals surface area contributed by atoms with Crippen molar-refractivity contribution in [2.45, 2.75) is 20.0 Å². The average molecular weight is 463 g/mol. The van der Waals surface area contributed by atoms with Gasteiger partial charge >= 0.3 is 0 Å². The van der Waals surface area contributed by atoms with E-state index in [0.29, 0.717) is 47.6 Å². The van der Waals surface area contributed by atoms with Gasteiger partial charge in [0, 0.05) is 43.9 Å². The molecule has 0 radical (unpaired) electrons. The molecule has 0 saturated carbocycles. The van der Waals surface area contributed by atoms with Gasteiger partial charge < -0.3 is 14.5 Å². The predicted molar refractivity (Wildman–Crippen MR) is 124 cm³/mol. The second-order valence-electron chi connectivity index (χ2n) is 7.32. The van der Waals surface area contributed by atoms with Crippen molar-refractivity contribution >= 4 is 46.2 Å². The van der Waals surface area contributed by atoms with Gasteiger partial charge in [-0.1, -0.05) is 11.6 Å². The van der Waals surface area contributed by atoms with E-state index in [0.717, 1.165) is 5.69 Å². The molecule has 1 aliphatic rings. The maximum absolute atomic E-state index is 12.5. The molecule has 0 aliphatic carbocycles. The van der Waals surface area contributed by atoms with Crippen LogP contribution in [-0.4, -0.2) is 53.1 Å². The van der Waals surface area contributed by atoms with Crippen LogP contribution >= 0.6 is 23.8 Å². The zero-order valence-electron chi connectivity index (χ0n) is 17.2. The van der Waals surface area contributed by atoms with Gasteiger partial charge in [0.15, 0.2) is 5.11 Å². The van der Waals surface area contributed by atoms with Crippen LogP contribution in [0, 0.1) is 10.1 Å². The van der Waals surface area contributed by atoms with Gasteiger partial charge in [-0.25, -0.2) is 0 Å². The van der Waals surface area contributed by atoms with Crippen molar-refractivity contribution in [2.75, 3.05) is 31.1 Å². The smallest absolute Gasteiger partial charge is 0.271 e. The first-order valence-electron chi connectivity index (χ1n) is 9.80. The summed E-state index contributed by atoms with van der Waals surface area (Å²) < 4.78 is 5.59. The van der Waals surface area contributed by atoms with Crippen LogP contribution < -0.4 is 15.0 Å². The first-order chi connectivity index (χ1) is 14.7. The summed E-state index contributed by atoms with van der Waals surface area (Å²) in [6.45, 7) is 6.30. The number of amides is 1. The Kier molecular flexibility index (Phi) is 7.29. The maximum Gasteiger partial charge on any atom is 0.271 e. The number of anilines is 1. The fourth-order valence-corrected chi connectivity index (χ4v) is 3.79. The minimum atomic E-state index is -0.473. The molecule has 0 atom stereocenters. The highest BCUT2D eigenvalue weighted by Gasteiger charge is 2.23. The topological polar surface area (TPSA) is 88.0 Å². The molecule has 1 heterocycles. The van der Waals surface area contributed by atoms with Crippen LogP contribution in [0.2, 0.25) is 5.02 Å². The number of ether oxygens (including phenoxy) is 1. The van der Waals surface area contributed by atoms with Gasteiger partial charge in [0.1, 0.15) is 5.75 Å². The van der Waals surface area contributed by atoms with E-state index in [4.69, 9.17) is 28.6 Å². The number of thiocarbonyl (C=S) groups is 1. The molecule has 1 amide bonds. The molecule has 2 aromatic carbocycles. The molecule has 10 heteroatoms. The Bertz CT molecular complexity index is 976. The molecule has 0 aromatic heterocycles. The van der Waals surface area contributed by atoms with Crippen LogP contribution in [0.4, 0.5) is 11.4 Å². The summed E-state index contributed by atoms with van der Waals surface area (Å²) >= 11 is 11.6. The molecular formula is C21H23ClN4O4S. The number of nitro groups is 1. The van der Waals surface area contributed by atoms with E-state index in [2.05, 4.69) is 5.32 Å². The fraction of sp³-hybridized carbons (Fsp3) is 0.333. The fourth-order valence-electron chi connectivity index (χ4n) is 3.22. The molecule has 2 aromatic rings. The monoisotopic (exact) mass is 462 g/mol. The van der Waals surface area contributed by atoms with Gasteiger partial charge in [0.2, 0.25) is 0 Å². The number of non-ortho nitro benzene ring substituents is 1. The Labute approximate surface area is 190 Å². The first kappa shape index (κ1) is 22.8. The Hall–Kier alpha value is -2.91. The van der Waals surface area contributed by atoms with E-state index in [9.17, 15) is 14.9 Å². The summed E-state index contributed by atoms with van der Waals surface area (Å²) in [6, 6.07) is 11.4. The van der Waals surface area contributed by atoms with Crippen molar-refractivity contribution in [2.24, 2.45) is 0 Å². The highest BCUT2D eigenvalue weighted by atomic mass is 35.5. The van der Waals surface area contributed by atoms with Crippen LogP contribution in [0.3, 0.4) is 0 Å². The number of benzene rings is 2. The molecule has 8 nitrogen and oxygen atoms in total. The Morgan fingerprint density at radius 3 is 2.35 bits per heavy atom. The summed E-state index contributed by atoms with van der Waals surface area (Å²) in [5.41, 5.74) is 1.19. The van der Waals surface area contributed by atoms with Gasteiger partial charge in [0.25, 0.3) is 11.6 Å². The lowest BCUT2D eigenvalue weighted by Gasteiger charge is -2.37. The Balaban J connectivity index is 1.54. The number of piperazine rings is 1. The minimum absolute atomic E-state index is 0.0416. The zero-order valence-corrected chi connectivity index (χ0v) is 18.8. The molecule has 1 fully saturated rings. The normalized spacial score (nSPS) is 13.8. The number of carbonyl (C=O) groups excluding carboxylic acids is 1. The van der Waals surface area contributed by atoms with E-state index in [-0.39, 0.29) is 17.7 Å². The third kappa shape index (κ3) is 5.83. The lowest BCUT2D eigenvalue weighted by Crippen LogP contribution is -2.52. The first-order valence-corrected chi connectivity index (χ1v) is 10.6. The van der Waals surface area contributed by atoms with E-state index in [1.54, 1.807) is 30.3 Å². The third-order valence-electron chi connectivity index (χ3n) is 4.76. The number of nitro benzene ring substituents is 1. The van der Waals surface area contributed by atoms with Crippen molar-refractivity contribution in [1.29, 1.82) is 0 Å². The second-order valence-corrected chi connectivity index (χ2v) is 8.11. The number of hydrogen-bond donors (Lipinski definition) is 1. The lowest BCUT2D eigenvalue weighted by atomic mass is 10.2. The molecular weight excluding hydrogens is 440 g/mol. The quantitative estimate of drug-likeness (QED) is 0.410. The number of nitrogens with one attached hydrogen (secondary N) is 1. The van der Waals surface area contributed by atoms with Gasteiger partial charge in [-0.3, -0.25) is 20.2 Å². The number of nitrogens with zero attached hydrogens (tertiary/aromatic N) is 3. The van der Waals surface area contributed by atoms with Gasteiger partial charge in [-0.2, -0.15) is 0 Å². The number of rotatable bonds is 5. The van der Waals surface area contributed by atoms with E-state index >= 15 is 0 Å². The molecule has 0 bridgehead atoms. The van der Waals surface area contributed by atoms with Crippen molar-refractivity contribution in [1.82, 2.24) is 10.2 Å². The molecule has 164 valence electrons. The average Bonchev–Trinajstić information content (AvgIpc) is 2.73.